The van der Waals surface area contributed by atoms with Gasteiger partial charge in [-0.05, 0) is 18.6 Å². The molecule has 2 heterocycles. The van der Waals surface area contributed by atoms with Crippen LogP contribution in [0.3, 0.4) is 0 Å². The SMILES string of the molecule is Cc1ccccc1N1C(=O)C[C@@H](N2CCOCC2)C1=O. The number of aryl methyl sites for hydroxylation is 1. The number of benzene rings is 1. The summed E-state index contributed by atoms with van der Waals surface area (Å²) in [6, 6.07) is 7.17. The van der Waals surface area contributed by atoms with Gasteiger partial charge in [0.2, 0.25) is 5.91 Å². The van der Waals surface area contributed by atoms with E-state index in [0.29, 0.717) is 32.0 Å². The minimum absolute atomic E-state index is 0.105. The summed E-state index contributed by atoms with van der Waals surface area (Å²) in [4.78, 5) is 28.2. The molecule has 1 aromatic rings. The smallest absolute Gasteiger partial charge is 0.251 e. The zero-order chi connectivity index (χ0) is 14.1. The maximum absolute atomic E-state index is 12.6. The van der Waals surface area contributed by atoms with Crippen molar-refractivity contribution >= 4 is 17.5 Å². The van der Waals surface area contributed by atoms with Crippen molar-refractivity contribution in [3.8, 4) is 0 Å². The Morgan fingerprint density at radius 1 is 1.15 bits per heavy atom. The first-order valence-corrected chi connectivity index (χ1v) is 6.92. The summed E-state index contributed by atoms with van der Waals surface area (Å²) in [5.41, 5.74) is 1.65. The zero-order valence-corrected chi connectivity index (χ0v) is 11.5. The molecule has 2 amide bonds. The third kappa shape index (κ3) is 2.23. The Morgan fingerprint density at radius 3 is 2.55 bits per heavy atom. The van der Waals surface area contributed by atoms with Gasteiger partial charge in [0.1, 0.15) is 0 Å². The van der Waals surface area contributed by atoms with Gasteiger partial charge >= 0.3 is 0 Å². The van der Waals surface area contributed by atoms with Crippen LogP contribution in [0.5, 0.6) is 0 Å². The van der Waals surface area contributed by atoms with Crippen molar-refractivity contribution in [2.45, 2.75) is 19.4 Å². The Bertz CT molecular complexity index is 538. The number of imide groups is 1. The van der Waals surface area contributed by atoms with Crippen LogP contribution in [0.15, 0.2) is 24.3 Å². The molecule has 2 aliphatic rings. The van der Waals surface area contributed by atoms with Crippen molar-refractivity contribution in [1.29, 1.82) is 0 Å². The average Bonchev–Trinajstić information content (AvgIpc) is 2.76. The summed E-state index contributed by atoms with van der Waals surface area (Å²) in [7, 11) is 0. The second-order valence-electron chi connectivity index (χ2n) is 5.22. The quantitative estimate of drug-likeness (QED) is 0.754. The number of nitrogens with zero attached hydrogens (tertiary/aromatic N) is 2. The van der Waals surface area contributed by atoms with Crippen LogP contribution in [-0.2, 0) is 14.3 Å². The molecule has 0 radical (unpaired) electrons. The number of ether oxygens (including phenoxy) is 1. The lowest BCUT2D eigenvalue weighted by Crippen LogP contribution is -2.47. The molecule has 0 spiro atoms. The molecular formula is C15H18N2O3. The van der Waals surface area contributed by atoms with Gasteiger partial charge in [-0.2, -0.15) is 0 Å². The fourth-order valence-corrected chi connectivity index (χ4v) is 2.86. The monoisotopic (exact) mass is 274 g/mol. The number of amides is 2. The molecule has 0 unspecified atom stereocenters. The molecule has 0 saturated carbocycles. The highest BCUT2D eigenvalue weighted by Crippen LogP contribution is 2.28. The Morgan fingerprint density at radius 2 is 1.85 bits per heavy atom. The van der Waals surface area contributed by atoms with E-state index >= 15 is 0 Å². The van der Waals surface area contributed by atoms with Crippen LogP contribution in [-0.4, -0.2) is 49.1 Å². The van der Waals surface area contributed by atoms with E-state index in [9.17, 15) is 9.59 Å². The van der Waals surface area contributed by atoms with Crippen molar-refractivity contribution in [1.82, 2.24) is 4.90 Å². The molecule has 2 aliphatic heterocycles. The molecule has 0 aliphatic carbocycles. The third-order valence-corrected chi connectivity index (χ3v) is 3.97. The maximum Gasteiger partial charge on any atom is 0.251 e. The van der Waals surface area contributed by atoms with Crippen molar-refractivity contribution < 1.29 is 14.3 Å². The van der Waals surface area contributed by atoms with Gasteiger partial charge in [0.15, 0.2) is 0 Å². The topological polar surface area (TPSA) is 49.9 Å². The van der Waals surface area contributed by atoms with Gasteiger partial charge < -0.3 is 4.74 Å². The summed E-state index contributed by atoms with van der Waals surface area (Å²) >= 11 is 0. The highest BCUT2D eigenvalue weighted by Gasteiger charge is 2.43. The van der Waals surface area contributed by atoms with Gasteiger partial charge in [-0.25, -0.2) is 4.90 Å². The molecular weight excluding hydrogens is 256 g/mol. The molecule has 1 aromatic carbocycles. The fourth-order valence-electron chi connectivity index (χ4n) is 2.86. The van der Waals surface area contributed by atoms with Crippen LogP contribution in [0.1, 0.15) is 12.0 Å². The number of hydrogen-bond donors (Lipinski definition) is 0. The molecule has 1 atom stereocenters. The van der Waals surface area contributed by atoms with Gasteiger partial charge in [0.25, 0.3) is 5.91 Å². The second-order valence-corrected chi connectivity index (χ2v) is 5.22. The largest absolute Gasteiger partial charge is 0.379 e. The van der Waals surface area contributed by atoms with Crippen LogP contribution in [0.4, 0.5) is 5.69 Å². The standard InChI is InChI=1S/C15H18N2O3/c1-11-4-2-3-5-12(11)17-14(18)10-13(15(17)19)16-6-8-20-9-7-16/h2-5,13H,6-10H2,1H3/t13-/m1/s1. The average molecular weight is 274 g/mol. The van der Waals surface area contributed by atoms with E-state index < -0.39 is 0 Å². The number of rotatable bonds is 2. The van der Waals surface area contributed by atoms with E-state index in [1.165, 1.54) is 4.90 Å². The summed E-state index contributed by atoms with van der Waals surface area (Å²) in [5.74, 6) is -0.216. The number of para-hydroxylation sites is 1. The number of carbonyl (C=O) groups is 2. The van der Waals surface area contributed by atoms with Gasteiger partial charge in [-0.15, -0.1) is 0 Å². The molecule has 2 saturated heterocycles. The lowest BCUT2D eigenvalue weighted by Gasteiger charge is -2.30. The van der Waals surface area contributed by atoms with Crippen molar-refractivity contribution in [3.63, 3.8) is 0 Å². The van der Waals surface area contributed by atoms with Crippen LogP contribution in [0.25, 0.3) is 0 Å². The van der Waals surface area contributed by atoms with Crippen LogP contribution < -0.4 is 4.90 Å². The van der Waals surface area contributed by atoms with Gasteiger partial charge in [0, 0.05) is 13.1 Å². The van der Waals surface area contributed by atoms with E-state index in [0.717, 1.165) is 5.56 Å². The van der Waals surface area contributed by atoms with E-state index in [-0.39, 0.29) is 24.3 Å². The van der Waals surface area contributed by atoms with Gasteiger partial charge in [-0.3, -0.25) is 14.5 Å². The minimum Gasteiger partial charge on any atom is -0.379 e. The first-order chi connectivity index (χ1) is 9.68. The third-order valence-electron chi connectivity index (χ3n) is 3.97. The Kier molecular flexibility index (Phi) is 3.54. The molecule has 5 nitrogen and oxygen atoms in total. The van der Waals surface area contributed by atoms with Crippen LogP contribution >= 0.6 is 0 Å². The predicted molar refractivity (Wildman–Crippen MR) is 74.5 cm³/mol. The second kappa shape index (κ2) is 5.34. The highest BCUT2D eigenvalue weighted by molar-refractivity contribution is 6.22. The molecule has 106 valence electrons. The normalized spacial score (nSPS) is 24.4. The first kappa shape index (κ1) is 13.3. The fraction of sp³-hybridized carbons (Fsp3) is 0.467. The Balaban J connectivity index is 1.85. The number of hydrogen-bond acceptors (Lipinski definition) is 4. The molecule has 0 bridgehead atoms. The molecule has 5 heteroatoms. The lowest BCUT2D eigenvalue weighted by atomic mass is 10.2. The molecule has 20 heavy (non-hydrogen) atoms. The summed E-state index contributed by atoms with van der Waals surface area (Å²) in [6.45, 7) is 4.60. The minimum atomic E-state index is -0.328. The number of anilines is 1. The van der Waals surface area contributed by atoms with E-state index in [1.54, 1.807) is 0 Å². The van der Waals surface area contributed by atoms with Crippen molar-refractivity contribution in [2.75, 3.05) is 31.2 Å². The molecule has 0 N–H and O–H groups in total. The van der Waals surface area contributed by atoms with Crippen LogP contribution in [0, 0.1) is 6.92 Å². The number of carbonyl (C=O) groups excluding carboxylic acids is 2. The molecule has 2 fully saturated rings. The Labute approximate surface area is 118 Å². The van der Waals surface area contributed by atoms with Gasteiger partial charge in [-0.1, -0.05) is 18.2 Å². The summed E-state index contributed by atoms with van der Waals surface area (Å²) in [5, 5.41) is 0. The Hall–Kier alpha value is -1.72. The highest BCUT2D eigenvalue weighted by atomic mass is 16.5. The van der Waals surface area contributed by atoms with E-state index in [1.807, 2.05) is 31.2 Å². The lowest BCUT2D eigenvalue weighted by molar-refractivity contribution is -0.123. The van der Waals surface area contributed by atoms with Gasteiger partial charge in [0.05, 0.1) is 31.4 Å². The van der Waals surface area contributed by atoms with Crippen LogP contribution in [0.2, 0.25) is 0 Å². The first-order valence-electron chi connectivity index (χ1n) is 6.92. The van der Waals surface area contributed by atoms with E-state index in [2.05, 4.69) is 4.90 Å². The maximum atomic E-state index is 12.6. The molecule has 0 aromatic heterocycles. The summed E-state index contributed by atoms with van der Waals surface area (Å²) in [6.07, 6.45) is 0.271. The van der Waals surface area contributed by atoms with Crippen molar-refractivity contribution in [2.24, 2.45) is 0 Å². The predicted octanol–water partition coefficient (Wildman–Crippen LogP) is 0.959. The van der Waals surface area contributed by atoms with Crippen molar-refractivity contribution in [3.05, 3.63) is 29.8 Å². The number of morpholine rings is 1. The molecule has 3 rings (SSSR count). The van der Waals surface area contributed by atoms with E-state index in [4.69, 9.17) is 4.74 Å². The summed E-state index contributed by atoms with van der Waals surface area (Å²) < 4.78 is 5.30. The zero-order valence-electron chi connectivity index (χ0n) is 11.5.